The van der Waals surface area contributed by atoms with E-state index in [-0.39, 0.29) is 0 Å². The first-order valence-corrected chi connectivity index (χ1v) is 6.48. The Morgan fingerprint density at radius 1 is 1.53 bits per heavy atom. The van der Waals surface area contributed by atoms with E-state index in [1.807, 2.05) is 12.1 Å². The molecule has 2 rings (SSSR count). The fraction of sp³-hybridized carbons (Fsp3) is 0.500. The van der Waals surface area contributed by atoms with E-state index in [0.717, 1.165) is 16.1 Å². The van der Waals surface area contributed by atoms with Crippen molar-refractivity contribution in [3.05, 3.63) is 28.2 Å². The number of benzene rings is 1. The largest absolute Gasteiger partial charge is 0.496 e. The molecule has 1 saturated carbocycles. The summed E-state index contributed by atoms with van der Waals surface area (Å²) in [7, 11) is 1.71. The molecule has 1 atom stereocenters. The normalized spacial score (nSPS) is 17.5. The summed E-state index contributed by atoms with van der Waals surface area (Å²) >= 11 is 9.54. The number of hydrogen-bond acceptors (Lipinski definition) is 1. The Kier molecular flexibility index (Phi) is 3.57. The first-order chi connectivity index (χ1) is 7.26. The third kappa shape index (κ3) is 2.48. The van der Waals surface area contributed by atoms with E-state index in [0.29, 0.717) is 11.8 Å². The van der Waals surface area contributed by atoms with Crippen LogP contribution in [0.15, 0.2) is 22.7 Å². The third-order valence-corrected chi connectivity index (χ3v) is 3.77. The van der Waals surface area contributed by atoms with Crippen LogP contribution >= 0.6 is 27.5 Å². The number of alkyl halides is 1. The molecule has 0 aliphatic heterocycles. The molecule has 1 fully saturated rings. The van der Waals surface area contributed by atoms with Gasteiger partial charge in [-0.15, -0.1) is 11.6 Å². The van der Waals surface area contributed by atoms with Crippen molar-refractivity contribution in [3.63, 3.8) is 0 Å². The molecule has 0 saturated heterocycles. The van der Waals surface area contributed by atoms with Crippen LogP contribution in [0.5, 0.6) is 5.75 Å². The predicted octanol–water partition coefficient (Wildman–Crippen LogP) is 4.19. The molecule has 0 spiro atoms. The van der Waals surface area contributed by atoms with E-state index in [2.05, 4.69) is 22.0 Å². The minimum atomic E-state index is 0.444. The first-order valence-electron chi connectivity index (χ1n) is 5.15. The molecular weight excluding hydrogens is 275 g/mol. The first kappa shape index (κ1) is 11.3. The standard InChI is InChI=1S/C12H14BrClO/c1-15-12-5-4-9(13)6-10(12)11(7-14)8-2-3-8/h4-6,8,11H,2-3,7H2,1H3. The number of halogens is 2. The predicted molar refractivity (Wildman–Crippen MR) is 66.9 cm³/mol. The Bertz CT molecular complexity index is 349. The van der Waals surface area contributed by atoms with Crippen molar-refractivity contribution in [1.29, 1.82) is 0 Å². The molecule has 1 aliphatic rings. The average molecular weight is 290 g/mol. The maximum Gasteiger partial charge on any atom is 0.122 e. The molecular formula is C12H14BrClO. The van der Waals surface area contributed by atoms with E-state index in [1.54, 1.807) is 7.11 Å². The van der Waals surface area contributed by atoms with E-state index in [1.165, 1.54) is 18.4 Å². The van der Waals surface area contributed by atoms with Gasteiger partial charge in [0.1, 0.15) is 5.75 Å². The van der Waals surface area contributed by atoms with Crippen LogP contribution in [0.25, 0.3) is 0 Å². The fourth-order valence-electron chi connectivity index (χ4n) is 1.96. The summed E-state index contributed by atoms with van der Waals surface area (Å²) in [6.07, 6.45) is 2.60. The topological polar surface area (TPSA) is 9.23 Å². The second-order valence-corrected chi connectivity index (χ2v) is 5.21. The summed E-state index contributed by atoms with van der Waals surface area (Å²) in [5, 5.41) is 0. The molecule has 1 nitrogen and oxygen atoms in total. The van der Waals surface area contributed by atoms with Gasteiger partial charge in [0.05, 0.1) is 7.11 Å². The van der Waals surface area contributed by atoms with Gasteiger partial charge in [-0.05, 0) is 42.5 Å². The summed E-state index contributed by atoms with van der Waals surface area (Å²) < 4.78 is 6.47. The van der Waals surface area contributed by atoms with Crippen LogP contribution in [-0.4, -0.2) is 13.0 Å². The highest BCUT2D eigenvalue weighted by atomic mass is 79.9. The molecule has 82 valence electrons. The SMILES string of the molecule is COc1ccc(Br)cc1C(CCl)C1CC1. The van der Waals surface area contributed by atoms with Crippen molar-refractivity contribution in [2.45, 2.75) is 18.8 Å². The Morgan fingerprint density at radius 3 is 2.80 bits per heavy atom. The van der Waals surface area contributed by atoms with Gasteiger partial charge >= 0.3 is 0 Å². The molecule has 15 heavy (non-hydrogen) atoms. The van der Waals surface area contributed by atoms with Crippen LogP contribution in [0.3, 0.4) is 0 Å². The van der Waals surface area contributed by atoms with Gasteiger partial charge in [-0.2, -0.15) is 0 Å². The van der Waals surface area contributed by atoms with Crippen LogP contribution in [0.4, 0.5) is 0 Å². The Labute approximate surface area is 104 Å². The van der Waals surface area contributed by atoms with Gasteiger partial charge in [-0.1, -0.05) is 15.9 Å². The lowest BCUT2D eigenvalue weighted by molar-refractivity contribution is 0.404. The van der Waals surface area contributed by atoms with Crippen LogP contribution in [0, 0.1) is 5.92 Å². The number of rotatable bonds is 4. The Balaban J connectivity index is 2.34. The van der Waals surface area contributed by atoms with Gasteiger partial charge in [-0.25, -0.2) is 0 Å². The summed E-state index contributed by atoms with van der Waals surface area (Å²) in [5.74, 6) is 2.83. The maximum atomic E-state index is 6.05. The van der Waals surface area contributed by atoms with Crippen LogP contribution in [0.2, 0.25) is 0 Å². The number of ether oxygens (including phenoxy) is 1. The second kappa shape index (κ2) is 4.75. The van der Waals surface area contributed by atoms with Crippen molar-refractivity contribution >= 4 is 27.5 Å². The van der Waals surface area contributed by atoms with E-state index < -0.39 is 0 Å². The van der Waals surface area contributed by atoms with Crippen molar-refractivity contribution in [1.82, 2.24) is 0 Å². The molecule has 0 amide bonds. The summed E-state index contributed by atoms with van der Waals surface area (Å²) in [5.41, 5.74) is 1.24. The van der Waals surface area contributed by atoms with E-state index >= 15 is 0 Å². The molecule has 0 bridgehead atoms. The Hall–Kier alpha value is -0.210. The lowest BCUT2D eigenvalue weighted by Gasteiger charge is -2.17. The Morgan fingerprint density at radius 2 is 2.27 bits per heavy atom. The monoisotopic (exact) mass is 288 g/mol. The van der Waals surface area contributed by atoms with Gasteiger partial charge in [0, 0.05) is 16.3 Å². The molecule has 0 radical (unpaired) electrons. The fourth-order valence-corrected chi connectivity index (χ4v) is 2.75. The minimum Gasteiger partial charge on any atom is -0.496 e. The molecule has 0 N–H and O–H groups in total. The summed E-state index contributed by atoms with van der Waals surface area (Å²) in [6.45, 7) is 0. The number of methoxy groups -OCH3 is 1. The molecule has 0 heterocycles. The van der Waals surface area contributed by atoms with Crippen molar-refractivity contribution in [2.24, 2.45) is 5.92 Å². The van der Waals surface area contributed by atoms with Gasteiger partial charge in [-0.3, -0.25) is 0 Å². The van der Waals surface area contributed by atoms with Gasteiger partial charge in [0.25, 0.3) is 0 Å². The van der Waals surface area contributed by atoms with Gasteiger partial charge in [0.15, 0.2) is 0 Å². The molecule has 1 unspecified atom stereocenters. The zero-order valence-corrected chi connectivity index (χ0v) is 11.0. The summed E-state index contributed by atoms with van der Waals surface area (Å²) in [6, 6.07) is 6.13. The summed E-state index contributed by atoms with van der Waals surface area (Å²) in [4.78, 5) is 0. The van der Waals surface area contributed by atoms with Gasteiger partial charge < -0.3 is 4.74 Å². The molecule has 1 aromatic rings. The highest BCUT2D eigenvalue weighted by Crippen LogP contribution is 2.46. The van der Waals surface area contributed by atoms with Crippen LogP contribution < -0.4 is 4.74 Å². The highest BCUT2D eigenvalue weighted by Gasteiger charge is 2.33. The smallest absolute Gasteiger partial charge is 0.122 e. The minimum absolute atomic E-state index is 0.444. The maximum absolute atomic E-state index is 6.05. The zero-order valence-electron chi connectivity index (χ0n) is 8.67. The van der Waals surface area contributed by atoms with Crippen molar-refractivity contribution < 1.29 is 4.74 Å². The van der Waals surface area contributed by atoms with Crippen LogP contribution in [0.1, 0.15) is 24.3 Å². The molecule has 1 aliphatic carbocycles. The van der Waals surface area contributed by atoms with Crippen LogP contribution in [-0.2, 0) is 0 Å². The molecule has 0 aromatic heterocycles. The molecule has 1 aromatic carbocycles. The zero-order chi connectivity index (χ0) is 10.8. The van der Waals surface area contributed by atoms with Crippen molar-refractivity contribution in [2.75, 3.05) is 13.0 Å². The van der Waals surface area contributed by atoms with E-state index in [9.17, 15) is 0 Å². The lowest BCUT2D eigenvalue weighted by atomic mass is 9.95. The third-order valence-electron chi connectivity index (χ3n) is 2.95. The second-order valence-electron chi connectivity index (χ2n) is 3.98. The number of hydrogen-bond donors (Lipinski definition) is 0. The highest BCUT2D eigenvalue weighted by molar-refractivity contribution is 9.10. The van der Waals surface area contributed by atoms with Crippen molar-refractivity contribution in [3.8, 4) is 5.75 Å². The quantitative estimate of drug-likeness (QED) is 0.755. The average Bonchev–Trinajstić information content (AvgIpc) is 3.04. The molecule has 3 heteroatoms. The van der Waals surface area contributed by atoms with E-state index in [4.69, 9.17) is 16.3 Å². The van der Waals surface area contributed by atoms with Gasteiger partial charge in [0.2, 0.25) is 0 Å². The lowest BCUT2D eigenvalue weighted by Crippen LogP contribution is -2.05.